The summed E-state index contributed by atoms with van der Waals surface area (Å²) in [6.07, 6.45) is 4.80. The van der Waals surface area contributed by atoms with Crippen LogP contribution in [0.15, 0.2) is 35.0 Å². The highest BCUT2D eigenvalue weighted by Gasteiger charge is 2.12. The lowest BCUT2D eigenvalue weighted by atomic mass is 9.97. The molecule has 18 heavy (non-hydrogen) atoms. The van der Waals surface area contributed by atoms with Crippen molar-refractivity contribution in [1.82, 2.24) is 0 Å². The van der Waals surface area contributed by atoms with Gasteiger partial charge in [0.15, 0.2) is 0 Å². The van der Waals surface area contributed by atoms with E-state index < -0.39 is 0 Å². The van der Waals surface area contributed by atoms with E-state index in [2.05, 4.69) is 48.9 Å². The Morgan fingerprint density at radius 1 is 0.833 bits per heavy atom. The van der Waals surface area contributed by atoms with Crippen LogP contribution >= 0.6 is 22.7 Å². The van der Waals surface area contributed by atoms with Crippen molar-refractivity contribution in [2.45, 2.75) is 39.5 Å². The van der Waals surface area contributed by atoms with Crippen molar-refractivity contribution in [1.29, 1.82) is 0 Å². The topological polar surface area (TPSA) is 0 Å². The summed E-state index contributed by atoms with van der Waals surface area (Å²) in [5.74, 6) is 0. The third kappa shape index (κ3) is 3.12. The molecular weight excluding hydrogens is 256 g/mol. The second-order valence-corrected chi connectivity index (χ2v) is 6.31. The normalized spacial score (nSPS) is 12.6. The van der Waals surface area contributed by atoms with Crippen molar-refractivity contribution >= 4 is 33.8 Å². The van der Waals surface area contributed by atoms with Gasteiger partial charge in [-0.05, 0) is 46.9 Å². The molecule has 2 rings (SSSR count). The van der Waals surface area contributed by atoms with Gasteiger partial charge in [-0.2, -0.15) is 0 Å². The van der Waals surface area contributed by atoms with Crippen LogP contribution in [0.1, 0.15) is 49.3 Å². The Hall–Kier alpha value is -0.860. The minimum atomic E-state index is 1.19. The molecule has 0 aliphatic rings. The van der Waals surface area contributed by atoms with E-state index in [0.29, 0.717) is 0 Å². The van der Waals surface area contributed by atoms with Gasteiger partial charge in [0.25, 0.3) is 0 Å². The number of rotatable bonds is 6. The summed E-state index contributed by atoms with van der Waals surface area (Å²) >= 11 is 3.74. The molecule has 0 unspecified atom stereocenters. The molecule has 0 radical (unpaired) electrons. The van der Waals surface area contributed by atoms with Crippen LogP contribution in [0.25, 0.3) is 11.1 Å². The fourth-order valence-electron chi connectivity index (χ4n) is 2.25. The summed E-state index contributed by atoms with van der Waals surface area (Å²) < 4.78 is 0. The van der Waals surface area contributed by atoms with Gasteiger partial charge in [0.2, 0.25) is 0 Å². The summed E-state index contributed by atoms with van der Waals surface area (Å²) in [4.78, 5) is 2.90. The van der Waals surface area contributed by atoms with Crippen molar-refractivity contribution in [2.24, 2.45) is 0 Å². The third-order valence-electron chi connectivity index (χ3n) is 3.00. The monoisotopic (exact) mass is 276 g/mol. The predicted molar refractivity (Wildman–Crippen MR) is 85.3 cm³/mol. The summed E-state index contributed by atoms with van der Waals surface area (Å²) in [5, 5.41) is 4.37. The first-order chi connectivity index (χ1) is 8.86. The molecule has 0 saturated carbocycles. The molecule has 0 saturated heterocycles. The maximum atomic E-state index is 2.27. The summed E-state index contributed by atoms with van der Waals surface area (Å²) in [5.41, 5.74) is 3.13. The maximum absolute atomic E-state index is 2.27. The SMILES string of the molecule is CCC/C(=C(/CCC)c1cccs1)c1cccs1. The molecule has 0 spiro atoms. The summed E-state index contributed by atoms with van der Waals surface area (Å²) in [7, 11) is 0. The Balaban J connectivity index is 2.47. The van der Waals surface area contributed by atoms with Crippen molar-refractivity contribution in [2.75, 3.05) is 0 Å². The van der Waals surface area contributed by atoms with Gasteiger partial charge >= 0.3 is 0 Å². The van der Waals surface area contributed by atoms with Crippen molar-refractivity contribution in [3.05, 3.63) is 44.8 Å². The zero-order valence-corrected chi connectivity index (χ0v) is 12.7. The lowest BCUT2D eigenvalue weighted by molar-refractivity contribution is 0.949. The van der Waals surface area contributed by atoms with Gasteiger partial charge < -0.3 is 0 Å². The largest absolute Gasteiger partial charge is 0.144 e. The lowest BCUT2D eigenvalue weighted by Gasteiger charge is -2.12. The fourth-order valence-corrected chi connectivity index (χ4v) is 3.90. The maximum Gasteiger partial charge on any atom is 0.0305 e. The minimum absolute atomic E-state index is 1.19. The highest BCUT2D eigenvalue weighted by atomic mass is 32.1. The Kier molecular flexibility index (Phi) is 5.21. The first kappa shape index (κ1) is 13.6. The molecule has 2 heteroatoms. The zero-order chi connectivity index (χ0) is 12.8. The van der Waals surface area contributed by atoms with E-state index in [1.165, 1.54) is 35.4 Å². The van der Waals surface area contributed by atoms with Crippen molar-refractivity contribution in [3.63, 3.8) is 0 Å². The van der Waals surface area contributed by atoms with Crippen LogP contribution in [0.5, 0.6) is 0 Å². The van der Waals surface area contributed by atoms with Gasteiger partial charge in [-0.1, -0.05) is 38.8 Å². The van der Waals surface area contributed by atoms with E-state index >= 15 is 0 Å². The average molecular weight is 276 g/mol. The van der Waals surface area contributed by atoms with E-state index in [9.17, 15) is 0 Å². The van der Waals surface area contributed by atoms with Crippen LogP contribution in [-0.2, 0) is 0 Å². The smallest absolute Gasteiger partial charge is 0.0305 e. The Bertz CT molecular complexity index is 429. The first-order valence-corrected chi connectivity index (χ1v) is 8.42. The highest BCUT2D eigenvalue weighted by molar-refractivity contribution is 7.12. The van der Waals surface area contributed by atoms with Crippen molar-refractivity contribution in [3.8, 4) is 0 Å². The molecule has 96 valence electrons. The molecule has 0 aromatic carbocycles. The average Bonchev–Trinajstić information content (AvgIpc) is 3.05. The van der Waals surface area contributed by atoms with Gasteiger partial charge in [0.1, 0.15) is 0 Å². The van der Waals surface area contributed by atoms with Crippen LogP contribution in [0.4, 0.5) is 0 Å². The zero-order valence-electron chi connectivity index (χ0n) is 11.1. The fraction of sp³-hybridized carbons (Fsp3) is 0.375. The number of hydrogen-bond acceptors (Lipinski definition) is 2. The summed E-state index contributed by atoms with van der Waals surface area (Å²) in [6, 6.07) is 8.85. The van der Waals surface area contributed by atoms with Gasteiger partial charge in [-0.3, -0.25) is 0 Å². The molecule has 0 N–H and O–H groups in total. The molecule has 2 heterocycles. The molecule has 0 aliphatic carbocycles. The van der Waals surface area contributed by atoms with Gasteiger partial charge in [-0.15, -0.1) is 22.7 Å². The summed E-state index contributed by atoms with van der Waals surface area (Å²) in [6.45, 7) is 4.54. The Morgan fingerprint density at radius 2 is 1.28 bits per heavy atom. The minimum Gasteiger partial charge on any atom is -0.144 e. The molecule has 2 aromatic heterocycles. The number of thiophene rings is 2. The van der Waals surface area contributed by atoms with E-state index in [4.69, 9.17) is 0 Å². The van der Waals surface area contributed by atoms with E-state index in [-0.39, 0.29) is 0 Å². The Labute approximate surface area is 118 Å². The second kappa shape index (κ2) is 6.91. The molecule has 0 bridgehead atoms. The molecule has 2 aromatic rings. The van der Waals surface area contributed by atoms with Crippen molar-refractivity contribution < 1.29 is 0 Å². The van der Waals surface area contributed by atoms with E-state index in [1.54, 1.807) is 11.1 Å². The van der Waals surface area contributed by atoms with Crippen LogP contribution in [-0.4, -0.2) is 0 Å². The second-order valence-electron chi connectivity index (χ2n) is 4.41. The Morgan fingerprint density at radius 3 is 1.56 bits per heavy atom. The quantitative estimate of drug-likeness (QED) is 0.579. The molecular formula is C16H20S2. The van der Waals surface area contributed by atoms with Gasteiger partial charge in [0.05, 0.1) is 0 Å². The van der Waals surface area contributed by atoms with Gasteiger partial charge in [0, 0.05) is 9.75 Å². The van der Waals surface area contributed by atoms with Gasteiger partial charge in [-0.25, -0.2) is 0 Å². The standard InChI is InChI=1S/C16H20S2/c1-3-7-13(15-9-5-11-17-15)14(8-4-2)16-10-6-12-18-16/h5-6,9-12H,3-4,7-8H2,1-2H3/b14-13+. The third-order valence-corrected chi connectivity index (χ3v) is 4.86. The number of allylic oxidation sites excluding steroid dienone is 2. The number of hydrogen-bond donors (Lipinski definition) is 0. The van der Waals surface area contributed by atoms with Crippen LogP contribution in [0, 0.1) is 0 Å². The van der Waals surface area contributed by atoms with Crippen LogP contribution in [0.2, 0.25) is 0 Å². The van der Waals surface area contributed by atoms with Crippen LogP contribution < -0.4 is 0 Å². The predicted octanol–water partition coefficient (Wildman–Crippen LogP) is 6.32. The molecule has 0 nitrogen and oxygen atoms in total. The molecule has 0 aliphatic heterocycles. The molecule has 0 atom stereocenters. The molecule has 0 amide bonds. The van der Waals surface area contributed by atoms with E-state index in [0.717, 1.165) is 0 Å². The van der Waals surface area contributed by atoms with Crippen LogP contribution in [0.3, 0.4) is 0 Å². The first-order valence-electron chi connectivity index (χ1n) is 6.66. The molecule has 0 fully saturated rings. The highest BCUT2D eigenvalue weighted by Crippen LogP contribution is 2.36. The lowest BCUT2D eigenvalue weighted by Crippen LogP contribution is -1.89. The van der Waals surface area contributed by atoms with E-state index in [1.807, 2.05) is 22.7 Å².